The van der Waals surface area contributed by atoms with E-state index in [9.17, 15) is 5.11 Å². The summed E-state index contributed by atoms with van der Waals surface area (Å²) in [6.07, 6.45) is 4.22. The number of rotatable bonds is 2. The van der Waals surface area contributed by atoms with Crippen LogP contribution in [-0.4, -0.2) is 11.2 Å². The van der Waals surface area contributed by atoms with Gasteiger partial charge in [0.2, 0.25) is 0 Å². The Kier molecular flexibility index (Phi) is 3.24. The average molecular weight is 255 g/mol. The molecule has 2 unspecified atom stereocenters. The molecular weight excluding hydrogens is 240 g/mol. The Labute approximate surface area is 93.3 Å². The van der Waals surface area contributed by atoms with E-state index >= 15 is 0 Å². The second-order valence-electron chi connectivity index (χ2n) is 4.16. The van der Waals surface area contributed by atoms with E-state index in [1.165, 1.54) is 12.0 Å². The van der Waals surface area contributed by atoms with Gasteiger partial charge in [-0.2, -0.15) is 0 Å². The van der Waals surface area contributed by atoms with Gasteiger partial charge in [-0.25, -0.2) is 0 Å². The molecule has 0 heterocycles. The number of halogens is 1. The van der Waals surface area contributed by atoms with Crippen LogP contribution in [-0.2, 0) is 6.42 Å². The first kappa shape index (κ1) is 10.2. The van der Waals surface area contributed by atoms with Crippen molar-refractivity contribution in [1.82, 2.24) is 0 Å². The second kappa shape index (κ2) is 4.45. The van der Waals surface area contributed by atoms with Gasteiger partial charge in [0.15, 0.2) is 0 Å². The summed E-state index contributed by atoms with van der Waals surface area (Å²) in [6.45, 7) is 0. The van der Waals surface area contributed by atoms with Crippen molar-refractivity contribution in [3.8, 4) is 0 Å². The first-order valence-corrected chi connectivity index (χ1v) is 5.96. The lowest BCUT2D eigenvalue weighted by atomic mass is 9.98. The highest BCUT2D eigenvalue weighted by molar-refractivity contribution is 9.10. The van der Waals surface area contributed by atoms with E-state index in [2.05, 4.69) is 40.2 Å². The molecule has 0 bridgehead atoms. The first-order chi connectivity index (χ1) is 6.74. The molecule has 1 fully saturated rings. The van der Waals surface area contributed by atoms with Crippen LogP contribution in [0.1, 0.15) is 24.8 Å². The van der Waals surface area contributed by atoms with Gasteiger partial charge in [-0.3, -0.25) is 0 Å². The molecule has 2 rings (SSSR count). The van der Waals surface area contributed by atoms with Crippen molar-refractivity contribution in [3.63, 3.8) is 0 Å². The Morgan fingerprint density at radius 1 is 1.21 bits per heavy atom. The van der Waals surface area contributed by atoms with Crippen LogP contribution in [0.3, 0.4) is 0 Å². The van der Waals surface area contributed by atoms with Crippen LogP contribution >= 0.6 is 15.9 Å². The van der Waals surface area contributed by atoms with Crippen molar-refractivity contribution in [3.05, 3.63) is 34.3 Å². The van der Waals surface area contributed by atoms with Crippen LogP contribution in [0.25, 0.3) is 0 Å². The molecule has 0 aliphatic heterocycles. The molecule has 1 aromatic rings. The number of benzene rings is 1. The van der Waals surface area contributed by atoms with E-state index in [0.29, 0.717) is 5.92 Å². The van der Waals surface area contributed by atoms with E-state index in [0.717, 1.165) is 23.7 Å². The summed E-state index contributed by atoms with van der Waals surface area (Å²) in [5, 5.41) is 9.41. The largest absolute Gasteiger partial charge is 0.393 e. The molecule has 14 heavy (non-hydrogen) atoms. The summed E-state index contributed by atoms with van der Waals surface area (Å²) in [4.78, 5) is 0. The van der Waals surface area contributed by atoms with Crippen LogP contribution in [0, 0.1) is 5.92 Å². The summed E-state index contributed by atoms with van der Waals surface area (Å²) in [5.41, 5.74) is 1.38. The van der Waals surface area contributed by atoms with Crippen LogP contribution < -0.4 is 0 Å². The van der Waals surface area contributed by atoms with Crippen molar-refractivity contribution < 1.29 is 5.11 Å². The molecule has 0 aromatic heterocycles. The molecule has 2 atom stereocenters. The summed E-state index contributed by atoms with van der Waals surface area (Å²) in [7, 11) is 0. The van der Waals surface area contributed by atoms with E-state index in [1.807, 2.05) is 0 Å². The van der Waals surface area contributed by atoms with Crippen molar-refractivity contribution in [2.45, 2.75) is 31.8 Å². The van der Waals surface area contributed by atoms with E-state index in [-0.39, 0.29) is 6.10 Å². The average Bonchev–Trinajstić information content (AvgIpc) is 2.56. The number of aliphatic hydroxyl groups excluding tert-OH is 1. The van der Waals surface area contributed by atoms with Crippen molar-refractivity contribution in [2.75, 3.05) is 0 Å². The Bertz CT molecular complexity index is 294. The summed E-state index contributed by atoms with van der Waals surface area (Å²) in [6, 6.07) is 8.49. The van der Waals surface area contributed by atoms with Crippen LogP contribution in [0.15, 0.2) is 28.7 Å². The van der Waals surface area contributed by atoms with Gasteiger partial charge in [0.05, 0.1) is 6.10 Å². The molecule has 76 valence electrons. The third kappa shape index (κ3) is 2.58. The summed E-state index contributed by atoms with van der Waals surface area (Å²) in [5.74, 6) is 0.686. The Hall–Kier alpha value is -0.340. The zero-order valence-electron chi connectivity index (χ0n) is 8.12. The van der Waals surface area contributed by atoms with Gasteiger partial charge in [-0.1, -0.05) is 28.1 Å². The highest BCUT2D eigenvalue weighted by atomic mass is 79.9. The maximum absolute atomic E-state index is 9.41. The third-order valence-corrected chi connectivity index (χ3v) is 3.48. The highest BCUT2D eigenvalue weighted by Crippen LogP contribution is 2.28. The normalized spacial score (nSPS) is 26.7. The summed E-state index contributed by atoms with van der Waals surface area (Å²) >= 11 is 3.43. The van der Waals surface area contributed by atoms with Crippen molar-refractivity contribution in [1.29, 1.82) is 0 Å². The molecule has 1 N–H and O–H groups in total. The maximum atomic E-state index is 9.41. The molecule has 0 amide bonds. The highest BCUT2D eigenvalue weighted by Gasteiger charge is 2.22. The molecule has 0 spiro atoms. The maximum Gasteiger partial charge on any atom is 0.0543 e. The Morgan fingerprint density at radius 2 is 1.93 bits per heavy atom. The molecule has 1 nitrogen and oxygen atoms in total. The van der Waals surface area contributed by atoms with Gasteiger partial charge in [-0.15, -0.1) is 0 Å². The van der Waals surface area contributed by atoms with Gasteiger partial charge in [0.1, 0.15) is 0 Å². The van der Waals surface area contributed by atoms with Crippen molar-refractivity contribution in [2.24, 2.45) is 5.92 Å². The molecular formula is C12H15BrO. The molecule has 1 aliphatic carbocycles. The van der Waals surface area contributed by atoms with Gasteiger partial charge in [0.25, 0.3) is 0 Å². The minimum atomic E-state index is -0.0459. The van der Waals surface area contributed by atoms with Gasteiger partial charge >= 0.3 is 0 Å². The van der Waals surface area contributed by atoms with E-state index in [1.54, 1.807) is 0 Å². The molecule has 0 saturated heterocycles. The number of aliphatic hydroxyl groups is 1. The van der Waals surface area contributed by atoms with Crippen LogP contribution in [0.5, 0.6) is 0 Å². The van der Waals surface area contributed by atoms with Gasteiger partial charge in [-0.05, 0) is 49.3 Å². The van der Waals surface area contributed by atoms with E-state index in [4.69, 9.17) is 0 Å². The monoisotopic (exact) mass is 254 g/mol. The van der Waals surface area contributed by atoms with Crippen molar-refractivity contribution >= 4 is 15.9 Å². The number of hydrogen-bond donors (Lipinski definition) is 1. The lowest BCUT2D eigenvalue weighted by Gasteiger charge is -2.08. The minimum absolute atomic E-state index is 0.0459. The zero-order valence-corrected chi connectivity index (χ0v) is 9.70. The fourth-order valence-electron chi connectivity index (χ4n) is 2.19. The SMILES string of the molecule is OC1CCC(Cc2ccc(Br)cc2)C1. The topological polar surface area (TPSA) is 20.2 Å². The third-order valence-electron chi connectivity index (χ3n) is 2.95. The zero-order chi connectivity index (χ0) is 9.97. The van der Waals surface area contributed by atoms with Gasteiger partial charge < -0.3 is 5.11 Å². The van der Waals surface area contributed by atoms with Crippen LogP contribution in [0.2, 0.25) is 0 Å². The van der Waals surface area contributed by atoms with E-state index < -0.39 is 0 Å². The fraction of sp³-hybridized carbons (Fsp3) is 0.500. The lowest BCUT2D eigenvalue weighted by molar-refractivity contribution is 0.177. The predicted octanol–water partition coefficient (Wildman–Crippen LogP) is 3.15. The molecule has 1 saturated carbocycles. The quantitative estimate of drug-likeness (QED) is 0.860. The lowest BCUT2D eigenvalue weighted by Crippen LogP contribution is -2.02. The Balaban J connectivity index is 1.94. The smallest absolute Gasteiger partial charge is 0.0543 e. The Morgan fingerprint density at radius 3 is 2.50 bits per heavy atom. The minimum Gasteiger partial charge on any atom is -0.393 e. The second-order valence-corrected chi connectivity index (χ2v) is 5.08. The molecule has 0 radical (unpaired) electrons. The number of hydrogen-bond acceptors (Lipinski definition) is 1. The molecule has 2 heteroatoms. The van der Waals surface area contributed by atoms with Crippen LogP contribution in [0.4, 0.5) is 0 Å². The standard InChI is InChI=1S/C12H15BrO/c13-11-4-1-9(2-5-11)7-10-3-6-12(14)8-10/h1-2,4-5,10,12,14H,3,6-8H2. The molecule has 1 aromatic carbocycles. The first-order valence-electron chi connectivity index (χ1n) is 5.16. The van der Waals surface area contributed by atoms with Gasteiger partial charge in [0, 0.05) is 4.47 Å². The molecule has 1 aliphatic rings. The predicted molar refractivity (Wildman–Crippen MR) is 61.2 cm³/mol. The fourth-order valence-corrected chi connectivity index (χ4v) is 2.45. The summed E-state index contributed by atoms with van der Waals surface area (Å²) < 4.78 is 1.13.